The lowest BCUT2D eigenvalue weighted by Crippen LogP contribution is -2.36. The molecule has 0 N–H and O–H groups in total. The van der Waals surface area contributed by atoms with Crippen molar-refractivity contribution >= 4 is 26.7 Å². The highest BCUT2D eigenvalue weighted by molar-refractivity contribution is 9.09. The van der Waals surface area contributed by atoms with Crippen LogP contribution in [0, 0.1) is 0 Å². The molecule has 1 saturated heterocycles. The molecule has 1 aliphatic rings. The summed E-state index contributed by atoms with van der Waals surface area (Å²) in [6.07, 6.45) is 0. The number of benzene rings is 1. The van der Waals surface area contributed by atoms with Crippen LogP contribution in [0.25, 0.3) is 10.8 Å². The monoisotopic (exact) mass is 351 g/mol. The highest BCUT2D eigenvalue weighted by Crippen LogP contribution is 2.30. The predicted octanol–water partition coefficient (Wildman–Crippen LogP) is 3.08. The lowest BCUT2D eigenvalue weighted by molar-refractivity contribution is 0.0339. The minimum Gasteiger partial charge on any atom is -0.426 e. The molecule has 0 aliphatic carbocycles. The summed E-state index contributed by atoms with van der Waals surface area (Å²) in [6.45, 7) is 6.09. The van der Waals surface area contributed by atoms with Gasteiger partial charge >= 0.3 is 5.63 Å². The third-order valence-electron chi connectivity index (χ3n) is 3.82. The Morgan fingerprint density at radius 3 is 2.57 bits per heavy atom. The van der Waals surface area contributed by atoms with E-state index >= 15 is 0 Å². The summed E-state index contributed by atoms with van der Waals surface area (Å²) in [5.74, 6) is 0.727. The van der Waals surface area contributed by atoms with Crippen LogP contribution in [0.5, 0.6) is 0 Å². The lowest BCUT2D eigenvalue weighted by atomic mass is 10.0. The average Bonchev–Trinajstić information content (AvgIpc) is 2.51. The molecule has 2 aromatic rings. The summed E-state index contributed by atoms with van der Waals surface area (Å²) in [5, 5.41) is 1.64. The van der Waals surface area contributed by atoms with E-state index in [0.29, 0.717) is 5.39 Å². The van der Waals surface area contributed by atoms with Gasteiger partial charge in [-0.25, -0.2) is 4.79 Å². The Bertz CT molecular complexity index is 689. The van der Waals surface area contributed by atoms with Gasteiger partial charge in [-0.2, -0.15) is 0 Å². The number of halogens is 1. The number of hydrogen-bond donors (Lipinski definition) is 0. The zero-order chi connectivity index (χ0) is 14.8. The Balaban J connectivity index is 2.10. The lowest BCUT2D eigenvalue weighted by Gasteiger charge is -2.27. The van der Waals surface area contributed by atoms with Crippen molar-refractivity contribution in [2.75, 3.05) is 26.3 Å². The van der Waals surface area contributed by atoms with Crippen molar-refractivity contribution in [1.82, 2.24) is 4.90 Å². The number of fused-ring (bicyclic) bond motifs is 1. The van der Waals surface area contributed by atoms with E-state index in [1.165, 1.54) is 0 Å². The van der Waals surface area contributed by atoms with E-state index in [1.54, 1.807) is 0 Å². The third kappa shape index (κ3) is 3.05. The first-order valence-electron chi connectivity index (χ1n) is 7.15. The van der Waals surface area contributed by atoms with Crippen molar-refractivity contribution < 1.29 is 9.15 Å². The molecule has 0 spiro atoms. The fourth-order valence-corrected chi connectivity index (χ4v) is 3.11. The van der Waals surface area contributed by atoms with Gasteiger partial charge in [0, 0.05) is 25.2 Å². The first kappa shape index (κ1) is 14.8. The van der Waals surface area contributed by atoms with Crippen molar-refractivity contribution in [3.63, 3.8) is 0 Å². The second-order valence-corrected chi connectivity index (χ2v) is 6.66. The van der Waals surface area contributed by atoms with Crippen molar-refractivity contribution in [2.45, 2.75) is 18.3 Å². The van der Waals surface area contributed by atoms with E-state index in [2.05, 4.69) is 20.8 Å². The van der Waals surface area contributed by atoms with Crippen LogP contribution in [0.3, 0.4) is 0 Å². The van der Waals surface area contributed by atoms with Gasteiger partial charge in [0.1, 0.15) is 5.76 Å². The van der Waals surface area contributed by atoms with Gasteiger partial charge in [-0.1, -0.05) is 34.1 Å². The van der Waals surface area contributed by atoms with Crippen LogP contribution in [0.15, 0.2) is 33.5 Å². The minimum atomic E-state index is -0.266. The quantitative estimate of drug-likeness (QED) is 0.797. The largest absolute Gasteiger partial charge is 0.426 e. The van der Waals surface area contributed by atoms with Gasteiger partial charge in [0.2, 0.25) is 0 Å². The molecule has 0 saturated carbocycles. The highest BCUT2D eigenvalue weighted by Gasteiger charge is 2.20. The third-order valence-corrected chi connectivity index (χ3v) is 4.23. The van der Waals surface area contributed by atoms with E-state index in [0.717, 1.165) is 49.6 Å². The molecule has 0 radical (unpaired) electrons. The average molecular weight is 352 g/mol. The molecule has 1 aromatic carbocycles. The van der Waals surface area contributed by atoms with Crippen LogP contribution in [-0.2, 0) is 11.3 Å². The zero-order valence-corrected chi connectivity index (χ0v) is 13.6. The van der Waals surface area contributed by atoms with Gasteiger partial charge in [-0.3, -0.25) is 4.90 Å². The molecular weight excluding hydrogens is 334 g/mol. The van der Waals surface area contributed by atoms with E-state index in [1.807, 2.05) is 31.2 Å². The van der Waals surface area contributed by atoms with Crippen LogP contribution < -0.4 is 5.63 Å². The molecule has 1 aromatic heterocycles. The summed E-state index contributed by atoms with van der Waals surface area (Å²) >= 11 is 3.54. The highest BCUT2D eigenvalue weighted by atomic mass is 79.9. The van der Waals surface area contributed by atoms with Crippen LogP contribution in [0.1, 0.15) is 23.1 Å². The van der Waals surface area contributed by atoms with E-state index in [-0.39, 0.29) is 10.5 Å². The Labute approximate surface area is 131 Å². The smallest absolute Gasteiger partial charge is 0.343 e. The molecule has 1 aliphatic heterocycles. The van der Waals surface area contributed by atoms with Crippen LogP contribution >= 0.6 is 15.9 Å². The normalized spacial score (nSPS) is 18.0. The van der Waals surface area contributed by atoms with Gasteiger partial charge in [0.05, 0.1) is 23.4 Å². The molecule has 4 nitrogen and oxygen atoms in total. The number of nitrogens with zero attached hydrogens (tertiary/aromatic N) is 1. The number of alkyl halides is 1. The standard InChI is InChI=1S/C16H18BrNO3/c1-11(17)15-14(10-18-6-8-20-9-7-18)12-4-2-3-5-13(12)16(19)21-15/h2-5,11H,6-10H2,1H3. The first-order chi connectivity index (χ1) is 10.2. The predicted molar refractivity (Wildman–Crippen MR) is 85.9 cm³/mol. The fraction of sp³-hybridized carbons (Fsp3) is 0.438. The molecule has 112 valence electrons. The van der Waals surface area contributed by atoms with Gasteiger partial charge in [-0.05, 0) is 18.4 Å². The summed E-state index contributed by atoms with van der Waals surface area (Å²) in [5.41, 5.74) is 0.828. The molecule has 0 amide bonds. The number of rotatable bonds is 3. The summed E-state index contributed by atoms with van der Waals surface area (Å²) in [4.78, 5) is 14.5. The SMILES string of the molecule is CC(Br)c1oc(=O)c2ccccc2c1CN1CCOCC1. The molecule has 21 heavy (non-hydrogen) atoms. The molecule has 0 bridgehead atoms. The van der Waals surface area contributed by atoms with Crippen LogP contribution in [-0.4, -0.2) is 31.2 Å². The number of hydrogen-bond acceptors (Lipinski definition) is 4. The van der Waals surface area contributed by atoms with Crippen molar-refractivity contribution in [2.24, 2.45) is 0 Å². The first-order valence-corrected chi connectivity index (χ1v) is 8.07. The van der Waals surface area contributed by atoms with Crippen molar-refractivity contribution in [1.29, 1.82) is 0 Å². The summed E-state index contributed by atoms with van der Waals surface area (Å²) in [6, 6.07) is 7.66. The van der Waals surface area contributed by atoms with Crippen molar-refractivity contribution in [3.05, 3.63) is 46.0 Å². The topological polar surface area (TPSA) is 42.7 Å². The van der Waals surface area contributed by atoms with Gasteiger partial charge < -0.3 is 9.15 Å². The maximum absolute atomic E-state index is 12.1. The number of ether oxygens (including phenoxy) is 1. The Hall–Kier alpha value is -1.17. The molecule has 3 rings (SSSR count). The Morgan fingerprint density at radius 2 is 1.90 bits per heavy atom. The van der Waals surface area contributed by atoms with Gasteiger partial charge in [0.15, 0.2) is 0 Å². The molecule has 5 heteroatoms. The second kappa shape index (κ2) is 6.30. The van der Waals surface area contributed by atoms with Gasteiger partial charge in [-0.15, -0.1) is 0 Å². The van der Waals surface area contributed by atoms with Crippen LogP contribution in [0.4, 0.5) is 0 Å². The molecular formula is C16H18BrNO3. The van der Waals surface area contributed by atoms with E-state index in [9.17, 15) is 4.79 Å². The molecule has 1 atom stereocenters. The summed E-state index contributed by atoms with van der Waals surface area (Å²) < 4.78 is 11.0. The Kier molecular flexibility index (Phi) is 4.42. The summed E-state index contributed by atoms with van der Waals surface area (Å²) in [7, 11) is 0. The maximum atomic E-state index is 12.1. The van der Waals surface area contributed by atoms with Crippen LogP contribution in [0.2, 0.25) is 0 Å². The fourth-order valence-electron chi connectivity index (χ4n) is 2.74. The molecule has 2 heterocycles. The van der Waals surface area contributed by atoms with Gasteiger partial charge in [0.25, 0.3) is 0 Å². The molecule has 1 unspecified atom stereocenters. The molecule has 1 fully saturated rings. The van der Waals surface area contributed by atoms with E-state index in [4.69, 9.17) is 9.15 Å². The Morgan fingerprint density at radius 1 is 1.24 bits per heavy atom. The number of morpholine rings is 1. The minimum absolute atomic E-state index is 0.00541. The maximum Gasteiger partial charge on any atom is 0.343 e. The van der Waals surface area contributed by atoms with E-state index < -0.39 is 0 Å². The zero-order valence-electron chi connectivity index (χ0n) is 12.0. The van der Waals surface area contributed by atoms with Crippen molar-refractivity contribution in [3.8, 4) is 0 Å². The second-order valence-electron chi connectivity index (χ2n) is 5.28.